The monoisotopic (exact) mass is 567 g/mol. The predicted octanol–water partition coefficient (Wildman–Crippen LogP) is 11.5. The summed E-state index contributed by atoms with van der Waals surface area (Å²) in [7, 11) is 0. The van der Waals surface area contributed by atoms with Gasteiger partial charge in [-0.1, -0.05) is 139 Å². The number of para-hydroxylation sites is 2. The van der Waals surface area contributed by atoms with Crippen molar-refractivity contribution < 1.29 is 0 Å². The first-order chi connectivity index (χ1) is 21.1. The van der Waals surface area contributed by atoms with Crippen molar-refractivity contribution in [2.24, 2.45) is 0 Å². The molecule has 0 amide bonds. The molecule has 0 saturated heterocycles. The van der Waals surface area contributed by atoms with Crippen LogP contribution in [0.5, 0.6) is 0 Å². The number of aromatic nitrogens is 1. The van der Waals surface area contributed by atoms with Gasteiger partial charge in [0.2, 0.25) is 0 Å². The lowest BCUT2D eigenvalue weighted by Crippen LogP contribution is -2.44. The number of hydrogen-bond donors (Lipinski definition) is 0. The van der Waals surface area contributed by atoms with Crippen LogP contribution in [0.25, 0.3) is 60.5 Å². The van der Waals surface area contributed by atoms with Crippen molar-refractivity contribution in [1.82, 2.24) is 4.57 Å². The molecule has 1 aromatic heterocycles. The number of benzene rings is 6. The largest absolute Gasteiger partial charge is 0.309 e. The molecule has 0 bridgehead atoms. The lowest BCUT2D eigenvalue weighted by molar-refractivity contribution is 0.298. The zero-order valence-corrected chi connectivity index (χ0v) is 26.4. The van der Waals surface area contributed by atoms with Gasteiger partial charge in [-0.25, -0.2) is 0 Å². The van der Waals surface area contributed by atoms with Crippen LogP contribution in [-0.4, -0.2) is 4.57 Å². The average Bonchev–Trinajstić information content (AvgIpc) is 3.48. The van der Waals surface area contributed by atoms with Gasteiger partial charge in [-0.15, -0.1) is 0 Å². The van der Waals surface area contributed by atoms with Gasteiger partial charge in [0, 0.05) is 21.6 Å². The molecule has 2 aliphatic carbocycles. The zero-order valence-electron chi connectivity index (χ0n) is 26.4. The molecule has 0 unspecified atom stereocenters. The third kappa shape index (κ3) is 2.96. The lowest BCUT2D eigenvalue weighted by Gasteiger charge is -2.49. The molecule has 1 heteroatoms. The second-order valence-electron chi connectivity index (χ2n) is 14.6. The van der Waals surface area contributed by atoms with Crippen LogP contribution in [0.15, 0.2) is 115 Å². The molecule has 2 aliphatic rings. The number of hydrogen-bond acceptors (Lipinski definition) is 0. The maximum atomic E-state index is 2.52. The van der Waals surface area contributed by atoms with Gasteiger partial charge >= 0.3 is 0 Å². The summed E-state index contributed by atoms with van der Waals surface area (Å²) in [6.07, 6.45) is 0. The van der Waals surface area contributed by atoms with Crippen molar-refractivity contribution in [1.29, 1.82) is 0 Å². The molecule has 0 fully saturated rings. The quantitative estimate of drug-likeness (QED) is 0.186. The van der Waals surface area contributed by atoms with Crippen molar-refractivity contribution in [2.45, 2.75) is 57.8 Å². The highest BCUT2D eigenvalue weighted by atomic mass is 15.0. The Labute approximate surface area is 259 Å². The summed E-state index contributed by atoms with van der Waals surface area (Å²) in [5, 5.41) is 5.22. The highest BCUT2D eigenvalue weighted by Crippen LogP contribution is 2.61. The highest BCUT2D eigenvalue weighted by molar-refractivity contribution is 6.13. The van der Waals surface area contributed by atoms with Crippen molar-refractivity contribution in [3.63, 3.8) is 0 Å². The van der Waals surface area contributed by atoms with E-state index in [0.29, 0.717) is 0 Å². The van der Waals surface area contributed by atoms with Crippen molar-refractivity contribution >= 4 is 32.6 Å². The van der Waals surface area contributed by atoms with E-state index in [9.17, 15) is 0 Å². The molecular formula is C43H37N. The molecule has 9 rings (SSSR count). The molecule has 44 heavy (non-hydrogen) atoms. The average molecular weight is 568 g/mol. The second kappa shape index (κ2) is 8.30. The number of nitrogens with zero attached hydrogens (tertiary/aromatic N) is 1. The van der Waals surface area contributed by atoms with Gasteiger partial charge in [0.15, 0.2) is 0 Å². The van der Waals surface area contributed by atoms with E-state index >= 15 is 0 Å². The Morgan fingerprint density at radius 2 is 0.977 bits per heavy atom. The third-order valence-corrected chi connectivity index (χ3v) is 11.7. The van der Waals surface area contributed by atoms with Gasteiger partial charge in [0.1, 0.15) is 0 Å². The summed E-state index contributed by atoms with van der Waals surface area (Å²) < 4.78 is 2.50. The first-order valence-corrected chi connectivity index (χ1v) is 16.0. The fraction of sp³-hybridized carbons (Fsp3) is 0.209. The zero-order chi connectivity index (χ0) is 30.2. The van der Waals surface area contributed by atoms with Crippen molar-refractivity contribution in [3.05, 3.63) is 138 Å². The Bertz CT molecular complexity index is 2300. The van der Waals surface area contributed by atoms with Gasteiger partial charge in [0.25, 0.3) is 0 Å². The lowest BCUT2D eigenvalue weighted by atomic mass is 9.54. The minimum Gasteiger partial charge on any atom is -0.309 e. The van der Waals surface area contributed by atoms with Gasteiger partial charge in [-0.05, 0) is 78.9 Å². The van der Waals surface area contributed by atoms with Crippen LogP contribution in [0, 0.1) is 0 Å². The topological polar surface area (TPSA) is 4.93 Å². The van der Waals surface area contributed by atoms with Crippen LogP contribution in [-0.2, 0) is 16.2 Å². The highest BCUT2D eigenvalue weighted by Gasteiger charge is 2.49. The van der Waals surface area contributed by atoms with Gasteiger partial charge in [0.05, 0.1) is 16.7 Å². The second-order valence-corrected chi connectivity index (χ2v) is 14.6. The van der Waals surface area contributed by atoms with E-state index in [1.807, 2.05) is 0 Å². The first-order valence-electron chi connectivity index (χ1n) is 16.0. The molecule has 0 N–H and O–H groups in total. The maximum absolute atomic E-state index is 2.52. The first kappa shape index (κ1) is 25.8. The van der Waals surface area contributed by atoms with Gasteiger partial charge < -0.3 is 4.57 Å². The fourth-order valence-corrected chi connectivity index (χ4v) is 8.82. The Morgan fingerprint density at radius 1 is 0.432 bits per heavy atom. The Hall–Kier alpha value is -4.62. The molecule has 0 spiro atoms. The molecule has 0 atom stereocenters. The predicted molar refractivity (Wildman–Crippen MR) is 187 cm³/mol. The van der Waals surface area contributed by atoms with E-state index in [1.54, 1.807) is 0 Å². The summed E-state index contributed by atoms with van der Waals surface area (Å²) >= 11 is 0. The van der Waals surface area contributed by atoms with E-state index in [0.717, 1.165) is 0 Å². The van der Waals surface area contributed by atoms with E-state index in [4.69, 9.17) is 0 Å². The van der Waals surface area contributed by atoms with Crippen LogP contribution < -0.4 is 0 Å². The summed E-state index contributed by atoms with van der Waals surface area (Å²) in [6, 6.07) is 43.4. The van der Waals surface area contributed by atoms with Crippen LogP contribution >= 0.6 is 0 Å². The summed E-state index contributed by atoms with van der Waals surface area (Å²) in [4.78, 5) is 0. The molecule has 1 heterocycles. The fourth-order valence-electron chi connectivity index (χ4n) is 8.82. The Balaban J connectivity index is 1.42. The van der Waals surface area contributed by atoms with E-state index in [-0.39, 0.29) is 16.2 Å². The Morgan fingerprint density at radius 3 is 1.66 bits per heavy atom. The normalized spacial score (nSPS) is 17.0. The summed E-state index contributed by atoms with van der Waals surface area (Å²) in [5.41, 5.74) is 15.0. The Kier molecular flexibility index (Phi) is 4.87. The third-order valence-electron chi connectivity index (χ3n) is 11.7. The molecule has 7 aromatic rings. The number of fused-ring (bicyclic) bond motifs is 12. The van der Waals surface area contributed by atoms with Gasteiger partial charge in [-0.3, -0.25) is 0 Å². The standard InChI is InChI=1S/C43H37N/c1-41(2)34-25-37(44-35-21-13-10-15-26(35)27-16-11-14-22-36(27)44)28-17-7-8-18-29(28)38(34)31-23-24-33-39(40(31)41)30-19-9-12-20-32(30)42(3,4)43(33,5)6/h7-25H,1-6H3. The van der Waals surface area contributed by atoms with Crippen LogP contribution in [0.1, 0.15) is 63.8 Å². The van der Waals surface area contributed by atoms with Crippen LogP contribution in [0.2, 0.25) is 0 Å². The minimum absolute atomic E-state index is 0.0107. The molecule has 6 aromatic carbocycles. The SMILES string of the molecule is CC1(C)c2cc(-n3c4ccccc4c4ccccc43)c3ccccc3c2-c2ccc3c(c21)-c1ccccc1C(C)(C)C3(C)C. The molecular weight excluding hydrogens is 530 g/mol. The summed E-state index contributed by atoms with van der Waals surface area (Å²) in [5.74, 6) is 0. The molecule has 0 saturated carbocycles. The van der Waals surface area contributed by atoms with E-state index in [1.165, 1.54) is 82.8 Å². The van der Waals surface area contributed by atoms with Crippen molar-refractivity contribution in [2.75, 3.05) is 0 Å². The summed E-state index contributed by atoms with van der Waals surface area (Å²) in [6.45, 7) is 14.6. The molecule has 214 valence electrons. The van der Waals surface area contributed by atoms with E-state index in [2.05, 4.69) is 161 Å². The smallest absolute Gasteiger partial charge is 0.0544 e. The van der Waals surface area contributed by atoms with Crippen LogP contribution in [0.4, 0.5) is 0 Å². The van der Waals surface area contributed by atoms with Crippen LogP contribution in [0.3, 0.4) is 0 Å². The molecule has 1 nitrogen and oxygen atoms in total. The molecule has 0 radical (unpaired) electrons. The minimum atomic E-state index is -0.182. The number of rotatable bonds is 1. The van der Waals surface area contributed by atoms with E-state index < -0.39 is 0 Å². The molecule has 0 aliphatic heterocycles. The van der Waals surface area contributed by atoms with Crippen molar-refractivity contribution in [3.8, 4) is 27.9 Å². The maximum Gasteiger partial charge on any atom is 0.0544 e. The van der Waals surface area contributed by atoms with Gasteiger partial charge in [-0.2, -0.15) is 0 Å².